The summed E-state index contributed by atoms with van der Waals surface area (Å²) in [5.74, 6) is 1.25. The van der Waals surface area contributed by atoms with E-state index in [1.54, 1.807) is 0 Å². The maximum absolute atomic E-state index is 10.7. The molecule has 1 nitrogen and oxygen atoms in total. The van der Waals surface area contributed by atoms with Crippen LogP contribution in [-0.4, -0.2) is 5.11 Å². The van der Waals surface area contributed by atoms with Crippen molar-refractivity contribution in [3.63, 3.8) is 0 Å². The Balaban J connectivity index is 2.03. The Morgan fingerprint density at radius 2 is 1.45 bits per heavy atom. The molecule has 1 heteroatoms. The van der Waals surface area contributed by atoms with Crippen LogP contribution in [0.2, 0.25) is 0 Å². The molecule has 0 aliphatic heterocycles. The van der Waals surface area contributed by atoms with Crippen LogP contribution in [0.5, 0.6) is 0 Å². The lowest BCUT2D eigenvalue weighted by atomic mass is 9.68. The molecule has 0 amide bonds. The molecule has 1 saturated carbocycles. The fourth-order valence-electron chi connectivity index (χ4n) is 3.75. The van der Waals surface area contributed by atoms with Gasteiger partial charge in [0.25, 0.3) is 0 Å². The van der Waals surface area contributed by atoms with E-state index in [1.165, 1.54) is 24.0 Å². The van der Waals surface area contributed by atoms with Gasteiger partial charge >= 0.3 is 0 Å². The Labute approximate surface area is 124 Å². The van der Waals surface area contributed by atoms with Crippen molar-refractivity contribution in [1.29, 1.82) is 0 Å². The summed E-state index contributed by atoms with van der Waals surface area (Å²) in [6.45, 7) is 11.3. The highest BCUT2D eigenvalue weighted by molar-refractivity contribution is 5.30. The standard InChI is InChI=1S/C19H30O/c1-13-10-14(2)12-16(11-13)18(20)15-6-8-17(9-7-15)19(3,4)5/h10-12,15,17-18,20H,6-9H2,1-5H3. The molecular weight excluding hydrogens is 244 g/mol. The third-order valence-corrected chi connectivity index (χ3v) is 5.03. The monoisotopic (exact) mass is 274 g/mol. The molecule has 1 aliphatic carbocycles. The van der Waals surface area contributed by atoms with Crippen molar-refractivity contribution < 1.29 is 5.11 Å². The van der Waals surface area contributed by atoms with E-state index in [-0.39, 0.29) is 6.10 Å². The number of aliphatic hydroxyl groups is 1. The fourth-order valence-corrected chi connectivity index (χ4v) is 3.75. The average molecular weight is 274 g/mol. The number of benzene rings is 1. The molecule has 0 bridgehead atoms. The Morgan fingerprint density at radius 1 is 0.950 bits per heavy atom. The van der Waals surface area contributed by atoms with E-state index >= 15 is 0 Å². The summed E-state index contributed by atoms with van der Waals surface area (Å²) < 4.78 is 0. The van der Waals surface area contributed by atoms with Crippen LogP contribution in [0.4, 0.5) is 0 Å². The van der Waals surface area contributed by atoms with E-state index in [4.69, 9.17) is 0 Å². The van der Waals surface area contributed by atoms with Gasteiger partial charge in [0.05, 0.1) is 6.10 Å². The van der Waals surface area contributed by atoms with Crippen LogP contribution in [0.15, 0.2) is 18.2 Å². The molecule has 1 aliphatic rings. The van der Waals surface area contributed by atoms with E-state index < -0.39 is 0 Å². The van der Waals surface area contributed by atoms with Crippen molar-refractivity contribution in [2.75, 3.05) is 0 Å². The number of hydrogen-bond acceptors (Lipinski definition) is 1. The molecule has 0 radical (unpaired) electrons. The van der Waals surface area contributed by atoms with Gasteiger partial charge in [0.15, 0.2) is 0 Å². The second-order valence-corrected chi connectivity index (χ2v) is 7.84. The minimum Gasteiger partial charge on any atom is -0.388 e. The molecule has 1 atom stereocenters. The predicted octanol–water partition coefficient (Wildman–Crippen LogP) is 5.19. The molecule has 1 N–H and O–H groups in total. The quantitative estimate of drug-likeness (QED) is 0.787. The van der Waals surface area contributed by atoms with Crippen molar-refractivity contribution in [1.82, 2.24) is 0 Å². The van der Waals surface area contributed by atoms with Crippen LogP contribution in [0.3, 0.4) is 0 Å². The first-order chi connectivity index (χ1) is 9.27. The SMILES string of the molecule is Cc1cc(C)cc(C(O)C2CCC(C(C)(C)C)CC2)c1. The molecule has 1 unspecified atom stereocenters. The fraction of sp³-hybridized carbons (Fsp3) is 0.684. The lowest BCUT2D eigenvalue weighted by Gasteiger charge is -2.38. The van der Waals surface area contributed by atoms with Gasteiger partial charge in [-0.15, -0.1) is 0 Å². The maximum atomic E-state index is 10.7. The first kappa shape index (κ1) is 15.6. The topological polar surface area (TPSA) is 20.2 Å². The van der Waals surface area contributed by atoms with Crippen molar-refractivity contribution >= 4 is 0 Å². The highest BCUT2D eigenvalue weighted by atomic mass is 16.3. The first-order valence-electron chi connectivity index (χ1n) is 8.03. The lowest BCUT2D eigenvalue weighted by molar-refractivity contribution is 0.0527. The van der Waals surface area contributed by atoms with Gasteiger partial charge in [0.1, 0.15) is 0 Å². The van der Waals surface area contributed by atoms with Gasteiger partial charge in [-0.1, -0.05) is 50.1 Å². The van der Waals surface area contributed by atoms with Crippen LogP contribution in [0.1, 0.15) is 69.2 Å². The van der Waals surface area contributed by atoms with Gasteiger partial charge in [-0.25, -0.2) is 0 Å². The van der Waals surface area contributed by atoms with Crippen LogP contribution in [0, 0.1) is 31.1 Å². The molecular formula is C19H30O. The van der Waals surface area contributed by atoms with E-state index in [0.717, 1.165) is 24.3 Å². The second-order valence-electron chi connectivity index (χ2n) is 7.84. The zero-order valence-electron chi connectivity index (χ0n) is 13.7. The summed E-state index contributed by atoms with van der Waals surface area (Å²) in [6.07, 6.45) is 4.56. The largest absolute Gasteiger partial charge is 0.388 e. The molecule has 0 heterocycles. The van der Waals surface area contributed by atoms with Gasteiger partial charge in [-0.05, 0) is 62.3 Å². The zero-order valence-corrected chi connectivity index (χ0v) is 13.7. The molecule has 0 spiro atoms. The smallest absolute Gasteiger partial charge is 0.0818 e. The van der Waals surface area contributed by atoms with Crippen molar-refractivity contribution in [3.8, 4) is 0 Å². The van der Waals surface area contributed by atoms with E-state index in [0.29, 0.717) is 11.3 Å². The van der Waals surface area contributed by atoms with Gasteiger partial charge < -0.3 is 5.11 Å². The zero-order chi connectivity index (χ0) is 14.9. The van der Waals surface area contributed by atoms with E-state index in [1.807, 2.05) is 0 Å². The van der Waals surface area contributed by atoms with Gasteiger partial charge in [0, 0.05) is 0 Å². The molecule has 20 heavy (non-hydrogen) atoms. The molecule has 112 valence electrons. The number of rotatable bonds is 2. The molecule has 1 aromatic carbocycles. The molecule has 1 fully saturated rings. The number of hydrogen-bond donors (Lipinski definition) is 1. The summed E-state index contributed by atoms with van der Waals surface area (Å²) in [5, 5.41) is 10.7. The molecule has 0 saturated heterocycles. The summed E-state index contributed by atoms with van der Waals surface area (Å²) >= 11 is 0. The molecule has 2 rings (SSSR count). The Kier molecular flexibility index (Phi) is 4.59. The highest BCUT2D eigenvalue weighted by Gasteiger charge is 2.32. The Morgan fingerprint density at radius 3 is 1.90 bits per heavy atom. The number of aliphatic hydroxyl groups excluding tert-OH is 1. The normalized spacial score (nSPS) is 25.5. The third kappa shape index (κ3) is 3.63. The summed E-state index contributed by atoms with van der Waals surface area (Å²) in [5.41, 5.74) is 4.03. The first-order valence-corrected chi connectivity index (χ1v) is 8.03. The third-order valence-electron chi connectivity index (χ3n) is 5.03. The maximum Gasteiger partial charge on any atom is 0.0818 e. The minimum absolute atomic E-state index is 0.283. The Bertz CT molecular complexity index is 427. The Hall–Kier alpha value is -0.820. The van der Waals surface area contributed by atoms with Gasteiger partial charge in [-0.2, -0.15) is 0 Å². The summed E-state index contributed by atoms with van der Waals surface area (Å²) in [6, 6.07) is 6.47. The van der Waals surface area contributed by atoms with Gasteiger partial charge in [-0.3, -0.25) is 0 Å². The van der Waals surface area contributed by atoms with Crippen molar-refractivity contribution in [3.05, 3.63) is 34.9 Å². The predicted molar refractivity (Wildman–Crippen MR) is 85.8 cm³/mol. The lowest BCUT2D eigenvalue weighted by Crippen LogP contribution is -2.28. The van der Waals surface area contributed by atoms with Gasteiger partial charge in [0.2, 0.25) is 0 Å². The van der Waals surface area contributed by atoms with Crippen LogP contribution >= 0.6 is 0 Å². The van der Waals surface area contributed by atoms with E-state index in [2.05, 4.69) is 52.8 Å². The van der Waals surface area contributed by atoms with E-state index in [9.17, 15) is 5.11 Å². The highest BCUT2D eigenvalue weighted by Crippen LogP contribution is 2.43. The van der Waals surface area contributed by atoms with Crippen molar-refractivity contribution in [2.45, 2.75) is 66.4 Å². The average Bonchev–Trinajstić information content (AvgIpc) is 2.36. The summed E-state index contributed by atoms with van der Waals surface area (Å²) in [4.78, 5) is 0. The van der Waals surface area contributed by atoms with Crippen LogP contribution in [0.25, 0.3) is 0 Å². The van der Waals surface area contributed by atoms with Crippen LogP contribution in [-0.2, 0) is 0 Å². The number of aryl methyl sites for hydroxylation is 2. The van der Waals surface area contributed by atoms with Crippen molar-refractivity contribution in [2.24, 2.45) is 17.3 Å². The summed E-state index contributed by atoms with van der Waals surface area (Å²) in [7, 11) is 0. The second kappa shape index (κ2) is 5.89. The molecule has 1 aromatic rings. The minimum atomic E-state index is -0.283. The molecule has 0 aromatic heterocycles. The van der Waals surface area contributed by atoms with Crippen LogP contribution < -0.4 is 0 Å².